The van der Waals surface area contributed by atoms with Crippen LogP contribution in [0.15, 0.2) is 77.8 Å². The number of para-hydroxylation sites is 1. The van der Waals surface area contributed by atoms with Crippen molar-refractivity contribution >= 4 is 40.5 Å². The van der Waals surface area contributed by atoms with Gasteiger partial charge in [-0.15, -0.1) is 0 Å². The summed E-state index contributed by atoms with van der Waals surface area (Å²) in [6.07, 6.45) is 0. The molecule has 1 aliphatic heterocycles. The summed E-state index contributed by atoms with van der Waals surface area (Å²) in [7, 11) is 0. The molecule has 0 fully saturated rings. The van der Waals surface area contributed by atoms with Gasteiger partial charge in [0, 0.05) is 21.8 Å². The maximum absolute atomic E-state index is 13.2. The Morgan fingerprint density at radius 2 is 1.77 bits per heavy atom. The number of benzodiazepines with no additional fused rings is 1. The number of aliphatic imine (C=N–C) groups is 1. The smallest absolute Gasteiger partial charge is 0.252 e. The van der Waals surface area contributed by atoms with Crippen LogP contribution in [0.4, 0.5) is 11.4 Å². The molecule has 0 saturated carbocycles. The zero-order valence-electron chi connectivity index (χ0n) is 17.3. The summed E-state index contributed by atoms with van der Waals surface area (Å²) in [5.41, 5.74) is 4.66. The molecule has 1 N–H and O–H groups in total. The van der Waals surface area contributed by atoms with Crippen molar-refractivity contribution in [2.75, 3.05) is 16.8 Å². The van der Waals surface area contributed by atoms with E-state index in [0.717, 1.165) is 22.4 Å². The van der Waals surface area contributed by atoms with Gasteiger partial charge >= 0.3 is 0 Å². The van der Waals surface area contributed by atoms with Crippen LogP contribution in [0.3, 0.4) is 0 Å². The maximum atomic E-state index is 13.2. The van der Waals surface area contributed by atoms with Crippen LogP contribution in [0.5, 0.6) is 0 Å². The molecule has 156 valence electrons. The fourth-order valence-corrected chi connectivity index (χ4v) is 3.76. The summed E-state index contributed by atoms with van der Waals surface area (Å²) in [6, 6.07) is 22.0. The fourth-order valence-electron chi connectivity index (χ4n) is 3.58. The first-order valence-corrected chi connectivity index (χ1v) is 10.4. The number of carbonyl (C=O) groups is 2. The van der Waals surface area contributed by atoms with E-state index in [-0.39, 0.29) is 18.4 Å². The summed E-state index contributed by atoms with van der Waals surface area (Å²) >= 11 is 6.16. The molecule has 4 rings (SSSR count). The zero-order chi connectivity index (χ0) is 22.0. The van der Waals surface area contributed by atoms with Crippen LogP contribution >= 0.6 is 11.6 Å². The Morgan fingerprint density at radius 1 is 1.06 bits per heavy atom. The summed E-state index contributed by atoms with van der Waals surface area (Å²) < 4.78 is 0. The number of rotatable bonds is 4. The second-order valence-corrected chi connectivity index (χ2v) is 7.88. The second-order valence-electron chi connectivity index (χ2n) is 7.47. The number of amides is 2. The van der Waals surface area contributed by atoms with Crippen LogP contribution in [0.25, 0.3) is 0 Å². The number of aryl methyl sites for hydroxylation is 1. The lowest BCUT2D eigenvalue weighted by atomic mass is 10.0. The minimum Gasteiger partial charge on any atom is -0.324 e. The topological polar surface area (TPSA) is 61.8 Å². The third-order valence-electron chi connectivity index (χ3n) is 5.20. The molecule has 0 saturated heterocycles. The molecule has 0 aromatic heterocycles. The van der Waals surface area contributed by atoms with Crippen LogP contribution < -0.4 is 10.2 Å². The largest absolute Gasteiger partial charge is 0.324 e. The normalized spacial score (nSPS) is 15.7. The van der Waals surface area contributed by atoms with Crippen LogP contribution in [0, 0.1) is 6.92 Å². The van der Waals surface area contributed by atoms with Gasteiger partial charge in [0.15, 0.2) is 0 Å². The average molecular weight is 432 g/mol. The molecular weight excluding hydrogens is 410 g/mol. The lowest BCUT2D eigenvalue weighted by Gasteiger charge is -2.24. The van der Waals surface area contributed by atoms with Crippen LogP contribution in [0.1, 0.15) is 23.6 Å². The van der Waals surface area contributed by atoms with Crippen molar-refractivity contribution in [2.45, 2.75) is 19.9 Å². The van der Waals surface area contributed by atoms with Gasteiger partial charge in [-0.25, -0.2) is 0 Å². The molecule has 1 atom stereocenters. The van der Waals surface area contributed by atoms with Gasteiger partial charge in [-0.05, 0) is 37.6 Å². The Kier molecular flexibility index (Phi) is 5.87. The molecule has 31 heavy (non-hydrogen) atoms. The summed E-state index contributed by atoms with van der Waals surface area (Å²) in [4.78, 5) is 32.2. The number of hydrogen-bond donors (Lipinski definition) is 1. The number of fused-ring (bicyclic) bond motifs is 1. The molecule has 1 heterocycles. The minimum atomic E-state index is -0.621. The highest BCUT2D eigenvalue weighted by molar-refractivity contribution is 6.31. The predicted molar refractivity (Wildman–Crippen MR) is 125 cm³/mol. The SMILES string of the molecule is Cc1ccc(NC(=O)CN2C(=O)[C@H](C)N=C(c3ccccc3)c3ccccc32)cc1Cl. The van der Waals surface area contributed by atoms with E-state index in [1.165, 1.54) is 4.90 Å². The first-order valence-electron chi connectivity index (χ1n) is 10.0. The molecule has 3 aromatic carbocycles. The molecule has 0 unspecified atom stereocenters. The van der Waals surface area contributed by atoms with Crippen molar-refractivity contribution < 1.29 is 9.59 Å². The summed E-state index contributed by atoms with van der Waals surface area (Å²) in [5, 5.41) is 3.40. The number of anilines is 2. The van der Waals surface area contributed by atoms with Crippen molar-refractivity contribution in [3.05, 3.63) is 94.5 Å². The number of hydrogen-bond acceptors (Lipinski definition) is 3. The van der Waals surface area contributed by atoms with Gasteiger partial charge < -0.3 is 10.2 Å². The molecule has 1 aliphatic rings. The van der Waals surface area contributed by atoms with Gasteiger partial charge in [-0.3, -0.25) is 14.6 Å². The summed E-state index contributed by atoms with van der Waals surface area (Å²) in [5.74, 6) is -0.533. The van der Waals surface area contributed by atoms with Gasteiger partial charge in [0.05, 0.1) is 11.4 Å². The first-order chi connectivity index (χ1) is 14.9. The molecule has 6 heteroatoms. The quantitative estimate of drug-likeness (QED) is 0.641. The number of benzene rings is 3. The van der Waals surface area contributed by atoms with Crippen LogP contribution in [0.2, 0.25) is 5.02 Å². The highest BCUT2D eigenvalue weighted by Crippen LogP contribution is 2.28. The van der Waals surface area contributed by atoms with E-state index < -0.39 is 6.04 Å². The number of nitrogens with zero attached hydrogens (tertiary/aromatic N) is 2. The van der Waals surface area contributed by atoms with E-state index in [4.69, 9.17) is 16.6 Å². The number of carbonyl (C=O) groups excluding carboxylic acids is 2. The van der Waals surface area contributed by atoms with Gasteiger partial charge in [-0.2, -0.15) is 0 Å². The van der Waals surface area contributed by atoms with E-state index in [0.29, 0.717) is 16.4 Å². The van der Waals surface area contributed by atoms with Crippen molar-refractivity contribution in [3.63, 3.8) is 0 Å². The van der Waals surface area contributed by atoms with E-state index in [9.17, 15) is 9.59 Å². The molecule has 0 aliphatic carbocycles. The molecule has 2 amide bonds. The molecule has 5 nitrogen and oxygen atoms in total. The second kappa shape index (κ2) is 8.74. The third kappa shape index (κ3) is 4.37. The lowest BCUT2D eigenvalue weighted by molar-refractivity contribution is -0.122. The highest BCUT2D eigenvalue weighted by Gasteiger charge is 2.30. The molecule has 0 radical (unpaired) electrons. The van der Waals surface area contributed by atoms with Crippen molar-refractivity contribution in [3.8, 4) is 0 Å². The van der Waals surface area contributed by atoms with Crippen molar-refractivity contribution in [1.29, 1.82) is 0 Å². The Bertz CT molecular complexity index is 1170. The number of halogens is 1. The first kappa shape index (κ1) is 20.8. The standard InChI is InChI=1S/C25H22ClN3O2/c1-16-12-13-19(14-21(16)26)28-23(30)15-29-22-11-7-6-10-20(22)24(27-17(2)25(29)31)18-8-4-3-5-9-18/h3-14,17H,15H2,1-2H3,(H,28,30)/t17-/m0/s1. The Hall–Kier alpha value is -3.44. The van der Waals surface area contributed by atoms with Gasteiger partial charge in [0.25, 0.3) is 5.91 Å². The van der Waals surface area contributed by atoms with E-state index in [1.54, 1.807) is 19.1 Å². The highest BCUT2D eigenvalue weighted by atomic mass is 35.5. The van der Waals surface area contributed by atoms with Crippen LogP contribution in [-0.2, 0) is 9.59 Å². The fraction of sp³-hybridized carbons (Fsp3) is 0.160. The maximum Gasteiger partial charge on any atom is 0.252 e. The average Bonchev–Trinajstić information content (AvgIpc) is 2.87. The zero-order valence-corrected chi connectivity index (χ0v) is 18.1. The van der Waals surface area contributed by atoms with E-state index in [2.05, 4.69) is 5.32 Å². The van der Waals surface area contributed by atoms with Gasteiger partial charge in [-0.1, -0.05) is 66.2 Å². The van der Waals surface area contributed by atoms with Crippen LogP contribution in [-0.4, -0.2) is 30.1 Å². The molecule has 0 bridgehead atoms. The van der Waals surface area contributed by atoms with Gasteiger partial charge in [0.2, 0.25) is 5.91 Å². The monoisotopic (exact) mass is 431 g/mol. The Labute approximate surface area is 186 Å². The Balaban J connectivity index is 1.66. The third-order valence-corrected chi connectivity index (χ3v) is 5.61. The Morgan fingerprint density at radius 3 is 2.52 bits per heavy atom. The van der Waals surface area contributed by atoms with Crippen molar-refractivity contribution in [1.82, 2.24) is 0 Å². The van der Waals surface area contributed by atoms with E-state index in [1.807, 2.05) is 67.6 Å². The van der Waals surface area contributed by atoms with Crippen molar-refractivity contribution in [2.24, 2.45) is 4.99 Å². The summed E-state index contributed by atoms with van der Waals surface area (Å²) in [6.45, 7) is 3.53. The van der Waals surface area contributed by atoms with Gasteiger partial charge in [0.1, 0.15) is 12.6 Å². The molecule has 3 aromatic rings. The predicted octanol–water partition coefficient (Wildman–Crippen LogP) is 4.86. The molecular formula is C25H22ClN3O2. The minimum absolute atomic E-state index is 0.122. The lowest BCUT2D eigenvalue weighted by Crippen LogP contribution is -2.42. The number of nitrogens with one attached hydrogen (secondary N) is 1. The van der Waals surface area contributed by atoms with E-state index >= 15 is 0 Å². The molecule has 0 spiro atoms.